The van der Waals surface area contributed by atoms with Gasteiger partial charge in [0.1, 0.15) is 5.69 Å². The number of nitrogens with one attached hydrogen (secondary N) is 1. The Morgan fingerprint density at radius 2 is 1.84 bits per heavy atom. The van der Waals surface area contributed by atoms with Crippen LogP contribution in [-0.2, 0) is 13.1 Å². The monoisotopic (exact) mass is 340 g/mol. The molecule has 0 radical (unpaired) electrons. The maximum absolute atomic E-state index is 12.3. The highest BCUT2D eigenvalue weighted by Crippen LogP contribution is 2.20. The van der Waals surface area contributed by atoms with E-state index in [0.29, 0.717) is 13.1 Å². The van der Waals surface area contributed by atoms with Gasteiger partial charge in [-0.3, -0.25) is 9.59 Å². The molecule has 25 heavy (non-hydrogen) atoms. The topological polar surface area (TPSA) is 67.2 Å². The van der Waals surface area contributed by atoms with Gasteiger partial charge < -0.3 is 10.2 Å². The fraction of sp³-hybridized carbons (Fsp3) is 0.421. The van der Waals surface area contributed by atoms with E-state index in [0.717, 1.165) is 25.1 Å². The molecule has 132 valence electrons. The summed E-state index contributed by atoms with van der Waals surface area (Å²) in [7, 11) is 0. The lowest BCUT2D eigenvalue weighted by Gasteiger charge is -2.17. The van der Waals surface area contributed by atoms with E-state index in [1.54, 1.807) is 0 Å². The molecule has 0 spiro atoms. The normalized spacial score (nSPS) is 13.9. The van der Waals surface area contributed by atoms with E-state index in [1.807, 2.05) is 19.1 Å². The first-order valence-corrected chi connectivity index (χ1v) is 8.87. The minimum atomic E-state index is -0.270. The van der Waals surface area contributed by atoms with Gasteiger partial charge in [0.25, 0.3) is 11.5 Å². The number of carbonyl (C=O) groups excluding carboxylic acids is 1. The molecule has 1 N–H and O–H groups in total. The van der Waals surface area contributed by atoms with Crippen molar-refractivity contribution < 1.29 is 4.79 Å². The van der Waals surface area contributed by atoms with E-state index >= 15 is 0 Å². The lowest BCUT2D eigenvalue weighted by molar-refractivity contribution is 0.0943. The van der Waals surface area contributed by atoms with Crippen LogP contribution in [0.5, 0.6) is 0 Å². The summed E-state index contributed by atoms with van der Waals surface area (Å²) in [6.45, 7) is 5.16. The molecule has 1 aliphatic heterocycles. The molecule has 0 bridgehead atoms. The van der Waals surface area contributed by atoms with E-state index in [2.05, 4.69) is 27.4 Å². The van der Waals surface area contributed by atoms with Crippen LogP contribution in [0.15, 0.2) is 41.2 Å². The van der Waals surface area contributed by atoms with Crippen molar-refractivity contribution in [3.63, 3.8) is 0 Å². The number of aryl methyl sites for hydroxylation is 1. The van der Waals surface area contributed by atoms with E-state index in [-0.39, 0.29) is 17.2 Å². The summed E-state index contributed by atoms with van der Waals surface area (Å²) in [5.74, 6) is -0.270. The lowest BCUT2D eigenvalue weighted by atomic mass is 10.2. The van der Waals surface area contributed by atoms with Gasteiger partial charge in [0.15, 0.2) is 0 Å². The highest BCUT2D eigenvalue weighted by atomic mass is 16.2. The van der Waals surface area contributed by atoms with Crippen molar-refractivity contribution in [2.24, 2.45) is 0 Å². The summed E-state index contributed by atoms with van der Waals surface area (Å²) in [4.78, 5) is 26.3. The van der Waals surface area contributed by atoms with Gasteiger partial charge in [0, 0.05) is 37.9 Å². The lowest BCUT2D eigenvalue weighted by Crippen LogP contribution is -2.29. The molecule has 6 heteroatoms. The van der Waals surface area contributed by atoms with Gasteiger partial charge in [0.2, 0.25) is 0 Å². The number of benzene rings is 1. The van der Waals surface area contributed by atoms with Crippen molar-refractivity contribution in [3.8, 4) is 0 Å². The number of rotatable bonds is 6. The van der Waals surface area contributed by atoms with Crippen molar-refractivity contribution in [3.05, 3.63) is 58.0 Å². The second-order valence-electron chi connectivity index (χ2n) is 6.32. The van der Waals surface area contributed by atoms with Gasteiger partial charge in [-0.15, -0.1) is 0 Å². The SMILES string of the molecule is CCCn1nc(C(=O)NCc2ccc(N3CCCC3)cc2)ccc1=O. The van der Waals surface area contributed by atoms with Crippen LogP contribution in [0.25, 0.3) is 0 Å². The summed E-state index contributed by atoms with van der Waals surface area (Å²) in [5.41, 5.74) is 2.36. The van der Waals surface area contributed by atoms with E-state index < -0.39 is 0 Å². The Hall–Kier alpha value is -2.63. The fourth-order valence-electron chi connectivity index (χ4n) is 3.01. The first-order valence-electron chi connectivity index (χ1n) is 8.87. The molecule has 2 aromatic rings. The molecule has 1 aliphatic rings. The number of nitrogens with zero attached hydrogens (tertiary/aromatic N) is 3. The molecule has 6 nitrogen and oxygen atoms in total. The fourth-order valence-corrected chi connectivity index (χ4v) is 3.01. The predicted molar refractivity (Wildman–Crippen MR) is 97.8 cm³/mol. The number of carbonyl (C=O) groups is 1. The van der Waals surface area contributed by atoms with Gasteiger partial charge in [-0.1, -0.05) is 19.1 Å². The van der Waals surface area contributed by atoms with Gasteiger partial charge >= 0.3 is 0 Å². The Bertz CT molecular complexity index is 777. The number of aromatic nitrogens is 2. The maximum Gasteiger partial charge on any atom is 0.271 e. The Labute approximate surface area is 147 Å². The van der Waals surface area contributed by atoms with Crippen molar-refractivity contribution in [2.75, 3.05) is 18.0 Å². The molecule has 1 saturated heterocycles. The molecule has 0 atom stereocenters. The zero-order valence-corrected chi connectivity index (χ0v) is 14.6. The molecular weight excluding hydrogens is 316 g/mol. The Morgan fingerprint density at radius 3 is 2.52 bits per heavy atom. The first kappa shape index (κ1) is 17.2. The smallest absolute Gasteiger partial charge is 0.271 e. The highest BCUT2D eigenvalue weighted by molar-refractivity contribution is 5.91. The molecule has 1 amide bonds. The van der Waals surface area contributed by atoms with E-state index in [1.165, 1.54) is 35.3 Å². The van der Waals surface area contributed by atoms with Gasteiger partial charge in [-0.25, -0.2) is 4.68 Å². The average Bonchev–Trinajstić information content (AvgIpc) is 3.17. The van der Waals surface area contributed by atoms with Crippen molar-refractivity contribution >= 4 is 11.6 Å². The standard InChI is InChI=1S/C19H24N4O2/c1-2-11-23-18(24)10-9-17(21-23)19(25)20-14-15-5-7-16(8-6-15)22-12-3-4-13-22/h5-10H,2-4,11-14H2,1H3,(H,20,25). The van der Waals surface area contributed by atoms with Crippen LogP contribution in [0.1, 0.15) is 42.2 Å². The first-order chi connectivity index (χ1) is 12.2. The Balaban J connectivity index is 1.60. The summed E-state index contributed by atoms with van der Waals surface area (Å²) in [6.07, 6.45) is 3.30. The van der Waals surface area contributed by atoms with Crippen LogP contribution in [0.4, 0.5) is 5.69 Å². The zero-order chi connectivity index (χ0) is 17.6. The molecule has 2 heterocycles. The largest absolute Gasteiger partial charge is 0.372 e. The molecule has 0 unspecified atom stereocenters. The predicted octanol–water partition coefficient (Wildman–Crippen LogP) is 2.18. The minimum Gasteiger partial charge on any atom is -0.372 e. The third-order valence-corrected chi connectivity index (χ3v) is 4.40. The number of hydrogen-bond acceptors (Lipinski definition) is 4. The number of hydrogen-bond donors (Lipinski definition) is 1. The molecular formula is C19H24N4O2. The molecule has 0 saturated carbocycles. The highest BCUT2D eigenvalue weighted by Gasteiger charge is 2.12. The van der Waals surface area contributed by atoms with Crippen LogP contribution in [0.2, 0.25) is 0 Å². The Morgan fingerprint density at radius 1 is 1.12 bits per heavy atom. The average molecular weight is 340 g/mol. The molecule has 1 aromatic carbocycles. The van der Waals surface area contributed by atoms with Gasteiger partial charge in [0.05, 0.1) is 0 Å². The zero-order valence-electron chi connectivity index (χ0n) is 14.6. The second-order valence-corrected chi connectivity index (χ2v) is 6.32. The van der Waals surface area contributed by atoms with E-state index in [9.17, 15) is 9.59 Å². The molecule has 3 rings (SSSR count). The van der Waals surface area contributed by atoms with Crippen molar-refractivity contribution in [1.29, 1.82) is 0 Å². The van der Waals surface area contributed by atoms with Gasteiger partial charge in [-0.2, -0.15) is 5.10 Å². The summed E-state index contributed by atoms with van der Waals surface area (Å²) in [6, 6.07) is 11.2. The third kappa shape index (κ3) is 4.26. The van der Waals surface area contributed by atoms with Crippen LogP contribution in [-0.4, -0.2) is 28.8 Å². The third-order valence-electron chi connectivity index (χ3n) is 4.40. The summed E-state index contributed by atoms with van der Waals surface area (Å²) < 4.78 is 1.33. The molecule has 0 aliphatic carbocycles. The maximum atomic E-state index is 12.3. The summed E-state index contributed by atoms with van der Waals surface area (Å²) >= 11 is 0. The molecule has 1 fully saturated rings. The number of amides is 1. The second kappa shape index (κ2) is 7.96. The molecule has 1 aromatic heterocycles. The van der Waals surface area contributed by atoms with Crippen molar-refractivity contribution in [1.82, 2.24) is 15.1 Å². The van der Waals surface area contributed by atoms with E-state index in [4.69, 9.17) is 0 Å². The van der Waals surface area contributed by atoms with Crippen molar-refractivity contribution in [2.45, 2.75) is 39.3 Å². The van der Waals surface area contributed by atoms with Crippen LogP contribution in [0, 0.1) is 0 Å². The van der Waals surface area contributed by atoms with Crippen LogP contribution >= 0.6 is 0 Å². The number of anilines is 1. The minimum absolute atomic E-state index is 0.184. The van der Waals surface area contributed by atoms with Gasteiger partial charge in [-0.05, 0) is 43.0 Å². The van der Waals surface area contributed by atoms with Crippen LogP contribution in [0.3, 0.4) is 0 Å². The summed E-state index contributed by atoms with van der Waals surface area (Å²) in [5, 5.41) is 6.99. The Kier molecular flexibility index (Phi) is 5.48. The van der Waals surface area contributed by atoms with Crippen LogP contribution < -0.4 is 15.8 Å². The quantitative estimate of drug-likeness (QED) is 0.875.